The molecule has 1 aliphatic rings. The van der Waals surface area contributed by atoms with Crippen molar-refractivity contribution < 1.29 is 23.5 Å². The smallest absolute Gasteiger partial charge is 0.338 e. The van der Waals surface area contributed by atoms with E-state index < -0.39 is 12.1 Å². The number of amides is 2. The van der Waals surface area contributed by atoms with Crippen molar-refractivity contribution in [2.45, 2.75) is 25.9 Å². The number of nitrogens with zero attached hydrogens (tertiary/aromatic N) is 3. The van der Waals surface area contributed by atoms with E-state index in [1.807, 2.05) is 17.5 Å². The Morgan fingerprint density at radius 1 is 1.18 bits per heavy atom. The fourth-order valence-corrected chi connectivity index (χ4v) is 3.46. The van der Waals surface area contributed by atoms with Gasteiger partial charge in [0.15, 0.2) is 6.10 Å². The van der Waals surface area contributed by atoms with Gasteiger partial charge < -0.3 is 9.15 Å². The van der Waals surface area contributed by atoms with E-state index in [-0.39, 0.29) is 36.1 Å². The molecule has 0 radical (unpaired) electrons. The number of aromatic nitrogens is 2. The first-order valence-electron chi connectivity index (χ1n) is 8.57. The lowest BCUT2D eigenvalue weighted by atomic mass is 10.2. The van der Waals surface area contributed by atoms with Crippen molar-refractivity contribution in [1.29, 1.82) is 0 Å². The van der Waals surface area contributed by atoms with Crippen LogP contribution in [-0.2, 0) is 14.3 Å². The van der Waals surface area contributed by atoms with Crippen molar-refractivity contribution in [2.75, 3.05) is 4.90 Å². The summed E-state index contributed by atoms with van der Waals surface area (Å²) >= 11 is 1.46. The zero-order chi connectivity index (χ0) is 19.7. The van der Waals surface area contributed by atoms with E-state index >= 15 is 0 Å². The molecule has 2 amide bonds. The van der Waals surface area contributed by atoms with Crippen LogP contribution in [0.3, 0.4) is 0 Å². The molecule has 2 aromatic heterocycles. The number of rotatable bonds is 5. The fraction of sp³-hybridized carbons (Fsp3) is 0.211. The van der Waals surface area contributed by atoms with Gasteiger partial charge in [0.05, 0.1) is 16.1 Å². The van der Waals surface area contributed by atoms with Crippen LogP contribution in [0.1, 0.15) is 42.1 Å². The van der Waals surface area contributed by atoms with Crippen LogP contribution in [0.4, 0.5) is 5.69 Å². The molecule has 3 aromatic rings. The number of anilines is 1. The minimum atomic E-state index is -0.757. The summed E-state index contributed by atoms with van der Waals surface area (Å²) in [7, 11) is 0. The second-order valence-electron chi connectivity index (χ2n) is 6.14. The van der Waals surface area contributed by atoms with E-state index in [4.69, 9.17) is 9.15 Å². The maximum absolute atomic E-state index is 12.5. The molecular formula is C19H15N3O5S. The van der Waals surface area contributed by atoms with Gasteiger partial charge in [0.2, 0.25) is 11.8 Å². The molecule has 8 nitrogen and oxygen atoms in total. The number of ether oxygens (including phenoxy) is 1. The number of hydrogen-bond donors (Lipinski definition) is 0. The highest BCUT2D eigenvalue weighted by Gasteiger charge is 2.30. The van der Waals surface area contributed by atoms with Gasteiger partial charge in [-0.3, -0.25) is 14.5 Å². The van der Waals surface area contributed by atoms with Gasteiger partial charge in [-0.15, -0.1) is 21.5 Å². The minimum absolute atomic E-state index is 0.175. The van der Waals surface area contributed by atoms with Crippen LogP contribution in [0.2, 0.25) is 0 Å². The number of thiophene rings is 1. The Kier molecular flexibility index (Phi) is 4.74. The highest BCUT2D eigenvalue weighted by Crippen LogP contribution is 2.27. The molecule has 1 unspecified atom stereocenters. The van der Waals surface area contributed by atoms with Crippen molar-refractivity contribution >= 4 is 34.8 Å². The zero-order valence-electron chi connectivity index (χ0n) is 14.8. The highest BCUT2D eigenvalue weighted by atomic mass is 32.1. The van der Waals surface area contributed by atoms with Crippen molar-refractivity contribution in [3.05, 3.63) is 53.2 Å². The molecule has 4 rings (SSSR count). The average molecular weight is 397 g/mol. The number of benzene rings is 1. The predicted octanol–water partition coefficient (Wildman–Crippen LogP) is 3.37. The number of imide groups is 1. The Morgan fingerprint density at radius 3 is 2.68 bits per heavy atom. The Bertz CT molecular complexity index is 1030. The first-order valence-corrected chi connectivity index (χ1v) is 9.45. The van der Waals surface area contributed by atoms with Crippen molar-refractivity contribution in [1.82, 2.24) is 10.2 Å². The number of esters is 1. The molecule has 0 aliphatic carbocycles. The molecular weight excluding hydrogens is 382 g/mol. The van der Waals surface area contributed by atoms with Crippen molar-refractivity contribution in [2.24, 2.45) is 0 Å². The average Bonchev–Trinajstić information content (AvgIpc) is 3.42. The molecule has 3 heterocycles. The number of hydrogen-bond acceptors (Lipinski definition) is 8. The van der Waals surface area contributed by atoms with Crippen LogP contribution in [-0.4, -0.2) is 28.0 Å². The van der Waals surface area contributed by atoms with Gasteiger partial charge in [0.1, 0.15) is 0 Å². The van der Waals surface area contributed by atoms with Crippen LogP contribution in [0.5, 0.6) is 0 Å². The van der Waals surface area contributed by atoms with E-state index in [2.05, 4.69) is 10.2 Å². The van der Waals surface area contributed by atoms with Gasteiger partial charge in [-0.05, 0) is 36.6 Å². The van der Waals surface area contributed by atoms with Crippen LogP contribution < -0.4 is 4.90 Å². The normalized spacial score (nSPS) is 15.1. The molecule has 142 valence electrons. The lowest BCUT2D eigenvalue weighted by molar-refractivity contribution is -0.121. The number of carbonyl (C=O) groups is 3. The fourth-order valence-electron chi connectivity index (χ4n) is 2.81. The molecule has 0 bridgehead atoms. The Morgan fingerprint density at radius 2 is 1.96 bits per heavy atom. The largest absolute Gasteiger partial charge is 0.449 e. The molecule has 28 heavy (non-hydrogen) atoms. The SMILES string of the molecule is CC(OC(=O)c1cccc(N2C(=O)CCC2=O)c1)c1nnc(-c2cccs2)o1. The summed E-state index contributed by atoms with van der Waals surface area (Å²) < 4.78 is 11.0. The summed E-state index contributed by atoms with van der Waals surface area (Å²) in [5.74, 6) is -0.644. The summed E-state index contributed by atoms with van der Waals surface area (Å²) in [4.78, 5) is 38.2. The molecule has 0 saturated carbocycles. The summed E-state index contributed by atoms with van der Waals surface area (Å²) in [6.45, 7) is 1.63. The molecule has 1 atom stereocenters. The van der Waals surface area contributed by atoms with Gasteiger partial charge in [-0.2, -0.15) is 0 Å². The van der Waals surface area contributed by atoms with Gasteiger partial charge in [-0.1, -0.05) is 12.1 Å². The Labute approximate surface area is 163 Å². The van der Waals surface area contributed by atoms with E-state index in [1.54, 1.807) is 25.1 Å². The van der Waals surface area contributed by atoms with E-state index in [1.165, 1.54) is 17.4 Å². The molecule has 1 saturated heterocycles. The van der Waals surface area contributed by atoms with E-state index in [0.717, 1.165) is 9.78 Å². The highest BCUT2D eigenvalue weighted by molar-refractivity contribution is 7.13. The Balaban J connectivity index is 1.48. The molecule has 1 aromatic carbocycles. The lowest BCUT2D eigenvalue weighted by Gasteiger charge is -2.15. The lowest BCUT2D eigenvalue weighted by Crippen LogP contribution is -2.28. The maximum Gasteiger partial charge on any atom is 0.338 e. The standard InChI is InChI=1S/C19H15N3O5S/c1-11(17-20-21-18(27-17)14-6-3-9-28-14)26-19(25)12-4-2-5-13(10-12)22-15(23)7-8-16(22)24/h2-6,9-11H,7-8H2,1H3. The summed E-state index contributed by atoms with van der Waals surface area (Å²) in [6, 6.07) is 9.93. The van der Waals surface area contributed by atoms with Gasteiger partial charge in [0.25, 0.3) is 11.8 Å². The Hall–Kier alpha value is -3.33. The summed E-state index contributed by atoms with van der Waals surface area (Å²) in [5.41, 5.74) is 0.572. The topological polar surface area (TPSA) is 103 Å². The van der Waals surface area contributed by atoms with Gasteiger partial charge in [-0.25, -0.2) is 4.79 Å². The second kappa shape index (κ2) is 7.35. The molecule has 1 aliphatic heterocycles. The van der Waals surface area contributed by atoms with Gasteiger partial charge >= 0.3 is 5.97 Å². The van der Waals surface area contributed by atoms with Crippen LogP contribution >= 0.6 is 11.3 Å². The van der Waals surface area contributed by atoms with Crippen LogP contribution in [0.25, 0.3) is 10.8 Å². The van der Waals surface area contributed by atoms with E-state index in [0.29, 0.717) is 11.6 Å². The monoisotopic (exact) mass is 397 g/mol. The predicted molar refractivity (Wildman–Crippen MR) is 99.6 cm³/mol. The van der Waals surface area contributed by atoms with Crippen molar-refractivity contribution in [3.8, 4) is 10.8 Å². The van der Waals surface area contributed by atoms with E-state index in [9.17, 15) is 14.4 Å². The number of carbonyl (C=O) groups excluding carboxylic acids is 3. The molecule has 0 spiro atoms. The molecule has 9 heteroatoms. The molecule has 1 fully saturated rings. The zero-order valence-corrected chi connectivity index (χ0v) is 15.6. The summed E-state index contributed by atoms with van der Waals surface area (Å²) in [6.07, 6.45) is -0.407. The third-order valence-electron chi connectivity index (χ3n) is 4.20. The van der Waals surface area contributed by atoms with Crippen LogP contribution in [0.15, 0.2) is 46.2 Å². The van der Waals surface area contributed by atoms with Gasteiger partial charge in [0, 0.05) is 12.8 Å². The first kappa shape index (κ1) is 18.1. The third-order valence-corrected chi connectivity index (χ3v) is 5.05. The quantitative estimate of drug-likeness (QED) is 0.480. The summed E-state index contributed by atoms with van der Waals surface area (Å²) in [5, 5.41) is 9.79. The van der Waals surface area contributed by atoms with Crippen LogP contribution in [0, 0.1) is 0 Å². The first-order chi connectivity index (χ1) is 13.5. The minimum Gasteiger partial charge on any atom is -0.449 e. The second-order valence-corrected chi connectivity index (χ2v) is 7.09. The molecule has 0 N–H and O–H groups in total. The maximum atomic E-state index is 12.5. The third kappa shape index (κ3) is 3.44. The van der Waals surface area contributed by atoms with Crippen molar-refractivity contribution in [3.63, 3.8) is 0 Å².